The molecule has 0 N–H and O–H groups in total. The average Bonchev–Trinajstić information content (AvgIpc) is 3.09. The molecular weight excluding hydrogens is 323 g/mol. The van der Waals surface area contributed by atoms with E-state index in [2.05, 4.69) is 0 Å². The summed E-state index contributed by atoms with van der Waals surface area (Å²) >= 11 is 0. The van der Waals surface area contributed by atoms with E-state index in [0.29, 0.717) is 18.5 Å². The van der Waals surface area contributed by atoms with Gasteiger partial charge in [-0.25, -0.2) is 9.29 Å². The number of nitrogens with zero attached hydrogens (tertiary/aromatic N) is 2. The Balaban J connectivity index is 1.85. The molecule has 0 spiro atoms. The highest BCUT2D eigenvalue weighted by Crippen LogP contribution is 2.33. The van der Waals surface area contributed by atoms with Crippen molar-refractivity contribution in [1.82, 2.24) is 4.90 Å². The first kappa shape index (κ1) is 15.5. The van der Waals surface area contributed by atoms with Crippen LogP contribution in [0.4, 0.5) is 10.1 Å². The lowest BCUT2D eigenvalue weighted by Gasteiger charge is -2.24. The van der Waals surface area contributed by atoms with Crippen LogP contribution >= 0.6 is 0 Å². The maximum atomic E-state index is 13.2. The van der Waals surface area contributed by atoms with E-state index in [-0.39, 0.29) is 17.2 Å². The number of halogens is 1. The summed E-state index contributed by atoms with van der Waals surface area (Å²) in [6.07, 6.45) is 1.26. The Kier molecular flexibility index (Phi) is 3.60. The van der Waals surface area contributed by atoms with Crippen LogP contribution in [0.15, 0.2) is 48.5 Å². The molecule has 126 valence electrons. The fraction of sp³-hybridized carbons (Fsp3) is 0.211. The summed E-state index contributed by atoms with van der Waals surface area (Å²) in [6, 6.07) is 11.0. The second kappa shape index (κ2) is 5.81. The van der Waals surface area contributed by atoms with Crippen LogP contribution in [0.3, 0.4) is 0 Å². The van der Waals surface area contributed by atoms with Crippen LogP contribution < -0.4 is 4.90 Å². The number of rotatable bonds is 1. The van der Waals surface area contributed by atoms with Gasteiger partial charge in [0.05, 0.1) is 11.3 Å². The molecule has 25 heavy (non-hydrogen) atoms. The first-order valence-electron chi connectivity index (χ1n) is 8.12. The third-order valence-corrected chi connectivity index (χ3v) is 4.69. The predicted octanol–water partition coefficient (Wildman–Crippen LogP) is 2.62. The third kappa shape index (κ3) is 2.41. The van der Waals surface area contributed by atoms with Gasteiger partial charge >= 0.3 is 0 Å². The fourth-order valence-corrected chi connectivity index (χ4v) is 3.47. The summed E-state index contributed by atoms with van der Waals surface area (Å²) < 4.78 is 13.2. The number of imide groups is 1. The van der Waals surface area contributed by atoms with Gasteiger partial charge in [0.2, 0.25) is 0 Å². The molecule has 1 unspecified atom stereocenters. The Morgan fingerprint density at radius 1 is 1.04 bits per heavy atom. The molecule has 2 heterocycles. The molecule has 2 aromatic carbocycles. The molecule has 5 nitrogen and oxygen atoms in total. The number of fused-ring (bicyclic) bond motifs is 2. The van der Waals surface area contributed by atoms with E-state index in [0.717, 1.165) is 11.3 Å². The molecule has 2 aliphatic heterocycles. The zero-order valence-corrected chi connectivity index (χ0v) is 13.3. The molecule has 4 rings (SSSR count). The monoisotopic (exact) mass is 338 g/mol. The summed E-state index contributed by atoms with van der Waals surface area (Å²) in [5.41, 5.74) is 0.806. The van der Waals surface area contributed by atoms with Crippen molar-refractivity contribution in [3.63, 3.8) is 0 Å². The van der Waals surface area contributed by atoms with Gasteiger partial charge in [-0.3, -0.25) is 14.4 Å². The molecule has 2 aromatic rings. The van der Waals surface area contributed by atoms with Gasteiger partial charge in [-0.15, -0.1) is 0 Å². The molecule has 2 aliphatic rings. The van der Waals surface area contributed by atoms with Crippen LogP contribution in [0, 0.1) is 5.82 Å². The van der Waals surface area contributed by atoms with E-state index < -0.39 is 23.7 Å². The Morgan fingerprint density at radius 3 is 2.52 bits per heavy atom. The smallest absolute Gasteiger partial charge is 0.265 e. The number of hydrogen-bond donors (Lipinski definition) is 0. The number of amides is 3. The van der Waals surface area contributed by atoms with Gasteiger partial charge in [-0.05, 0) is 49.2 Å². The van der Waals surface area contributed by atoms with Gasteiger partial charge in [0.1, 0.15) is 11.9 Å². The standard InChI is InChI=1S/C19H15FN2O3/c20-13-9-7-12(8-10-13)17(23)22-15-5-2-1-4-14(15)18(24)21-11-3-6-16(21)19(22)25/h1-2,4-5,7-10,16H,3,6,11H2. The van der Waals surface area contributed by atoms with Gasteiger partial charge < -0.3 is 4.90 Å². The Hall–Kier alpha value is -3.02. The topological polar surface area (TPSA) is 57.7 Å². The molecule has 1 atom stereocenters. The van der Waals surface area contributed by atoms with Gasteiger partial charge in [-0.1, -0.05) is 12.1 Å². The molecule has 0 bridgehead atoms. The number of carbonyl (C=O) groups excluding carboxylic acids is 3. The van der Waals surface area contributed by atoms with Crippen LogP contribution in [0.2, 0.25) is 0 Å². The lowest BCUT2D eigenvalue weighted by atomic mass is 10.1. The maximum absolute atomic E-state index is 13.2. The minimum Gasteiger partial charge on any atom is -0.327 e. The lowest BCUT2D eigenvalue weighted by Crippen LogP contribution is -2.47. The van der Waals surface area contributed by atoms with Crippen molar-refractivity contribution >= 4 is 23.4 Å². The van der Waals surface area contributed by atoms with Gasteiger partial charge in [-0.2, -0.15) is 0 Å². The zero-order valence-electron chi connectivity index (χ0n) is 13.3. The number of benzene rings is 2. The number of hydrogen-bond acceptors (Lipinski definition) is 3. The van der Waals surface area contributed by atoms with Gasteiger partial charge in [0, 0.05) is 12.1 Å². The lowest BCUT2D eigenvalue weighted by molar-refractivity contribution is -0.121. The maximum Gasteiger partial charge on any atom is 0.265 e. The summed E-state index contributed by atoms with van der Waals surface area (Å²) in [5.74, 6) is -1.67. The van der Waals surface area contributed by atoms with E-state index in [1.54, 1.807) is 29.2 Å². The number of para-hydroxylation sites is 1. The molecule has 0 aromatic heterocycles. The van der Waals surface area contributed by atoms with E-state index in [1.165, 1.54) is 24.3 Å². The van der Waals surface area contributed by atoms with Crippen molar-refractivity contribution in [2.24, 2.45) is 0 Å². The van der Waals surface area contributed by atoms with Crippen molar-refractivity contribution in [3.05, 3.63) is 65.5 Å². The van der Waals surface area contributed by atoms with E-state index in [4.69, 9.17) is 0 Å². The quantitative estimate of drug-likeness (QED) is 0.751. The second-order valence-corrected chi connectivity index (χ2v) is 6.16. The van der Waals surface area contributed by atoms with Crippen molar-refractivity contribution in [2.45, 2.75) is 18.9 Å². The minimum absolute atomic E-state index is 0.198. The second-order valence-electron chi connectivity index (χ2n) is 6.16. The van der Waals surface area contributed by atoms with Gasteiger partial charge in [0.15, 0.2) is 0 Å². The Morgan fingerprint density at radius 2 is 1.76 bits per heavy atom. The molecule has 3 amide bonds. The number of carbonyl (C=O) groups is 3. The molecule has 6 heteroatoms. The summed E-state index contributed by atoms with van der Waals surface area (Å²) in [6.45, 7) is 0.502. The van der Waals surface area contributed by atoms with Crippen LogP contribution in [-0.2, 0) is 4.79 Å². The molecule has 0 aliphatic carbocycles. The molecule has 0 saturated carbocycles. The van der Waals surface area contributed by atoms with Crippen LogP contribution in [0.1, 0.15) is 33.6 Å². The first-order chi connectivity index (χ1) is 12.1. The third-order valence-electron chi connectivity index (χ3n) is 4.69. The van der Waals surface area contributed by atoms with Gasteiger partial charge in [0.25, 0.3) is 17.7 Å². The predicted molar refractivity (Wildman–Crippen MR) is 88.7 cm³/mol. The molecule has 1 saturated heterocycles. The Labute approximate surface area is 143 Å². The van der Waals surface area contributed by atoms with Crippen LogP contribution in [0.25, 0.3) is 0 Å². The van der Waals surface area contributed by atoms with Crippen molar-refractivity contribution in [3.8, 4) is 0 Å². The fourth-order valence-electron chi connectivity index (χ4n) is 3.47. The largest absolute Gasteiger partial charge is 0.327 e. The highest BCUT2D eigenvalue weighted by atomic mass is 19.1. The summed E-state index contributed by atoms with van der Waals surface area (Å²) in [5, 5.41) is 0. The average molecular weight is 338 g/mol. The molecular formula is C19H15FN2O3. The minimum atomic E-state index is -0.635. The number of anilines is 1. The van der Waals surface area contributed by atoms with Crippen molar-refractivity contribution < 1.29 is 18.8 Å². The first-order valence-corrected chi connectivity index (χ1v) is 8.12. The highest BCUT2D eigenvalue weighted by Gasteiger charge is 2.44. The van der Waals surface area contributed by atoms with Crippen molar-refractivity contribution in [1.29, 1.82) is 0 Å². The van der Waals surface area contributed by atoms with Crippen LogP contribution in [-0.4, -0.2) is 35.2 Å². The summed E-state index contributed by atoms with van der Waals surface area (Å²) in [4.78, 5) is 41.4. The van der Waals surface area contributed by atoms with Crippen LogP contribution in [0.5, 0.6) is 0 Å². The highest BCUT2D eigenvalue weighted by molar-refractivity contribution is 6.26. The normalized spacial score (nSPS) is 19.5. The molecule has 1 fully saturated rings. The zero-order chi connectivity index (χ0) is 17.6. The SMILES string of the molecule is O=C(c1ccc(F)cc1)N1C(=O)C2CCCN2C(=O)c2ccccc21. The van der Waals surface area contributed by atoms with Crippen molar-refractivity contribution in [2.75, 3.05) is 11.4 Å². The summed E-state index contributed by atoms with van der Waals surface area (Å²) in [7, 11) is 0. The molecule has 0 radical (unpaired) electrons. The van der Waals surface area contributed by atoms with E-state index >= 15 is 0 Å². The Bertz CT molecular complexity index is 878. The van der Waals surface area contributed by atoms with E-state index in [1.807, 2.05) is 0 Å². The van der Waals surface area contributed by atoms with E-state index in [9.17, 15) is 18.8 Å².